The molecule has 0 amide bonds. The predicted molar refractivity (Wildman–Crippen MR) is 146 cm³/mol. The van der Waals surface area contributed by atoms with Crippen LogP contribution in [0.15, 0.2) is 35.3 Å². The van der Waals surface area contributed by atoms with Gasteiger partial charge < -0.3 is 14.8 Å². The molecular formula is C27H36N4O5S. The zero-order valence-electron chi connectivity index (χ0n) is 22.5. The van der Waals surface area contributed by atoms with Gasteiger partial charge in [-0.25, -0.2) is 13.1 Å². The van der Waals surface area contributed by atoms with Crippen LogP contribution in [-0.2, 0) is 15.4 Å². The first-order chi connectivity index (χ1) is 17.3. The summed E-state index contributed by atoms with van der Waals surface area (Å²) in [6, 6.07) is 6.84. The minimum Gasteiger partial charge on any atom is -0.496 e. The normalized spacial score (nSPS) is 19.2. The maximum atomic E-state index is 13.0. The number of hydrogen-bond donors (Lipinski definition) is 3. The Kier molecular flexibility index (Phi) is 7.13. The van der Waals surface area contributed by atoms with Crippen LogP contribution in [0.2, 0.25) is 0 Å². The van der Waals surface area contributed by atoms with Crippen LogP contribution in [0.3, 0.4) is 0 Å². The number of nitrogens with zero attached hydrogens (tertiary/aromatic N) is 1. The third kappa shape index (κ3) is 5.37. The number of hydrogen-bond acceptors (Lipinski definition) is 7. The molecule has 1 aromatic carbocycles. The average Bonchev–Trinajstić information content (AvgIpc) is 3.27. The first-order valence-corrected chi connectivity index (χ1v) is 14.1. The quantitative estimate of drug-likeness (QED) is 0.429. The van der Waals surface area contributed by atoms with Gasteiger partial charge in [-0.05, 0) is 48.2 Å². The number of H-pyrrole nitrogens is 1. The molecule has 3 N–H and O–H groups in total. The maximum absolute atomic E-state index is 13.0. The van der Waals surface area contributed by atoms with E-state index in [-0.39, 0.29) is 16.4 Å². The predicted octanol–water partition coefficient (Wildman–Crippen LogP) is 3.49. The second-order valence-electron chi connectivity index (χ2n) is 11.1. The summed E-state index contributed by atoms with van der Waals surface area (Å²) in [6.07, 6.45) is 3.68. The first kappa shape index (κ1) is 27.1. The zero-order chi connectivity index (χ0) is 27.2. The zero-order valence-corrected chi connectivity index (χ0v) is 23.3. The van der Waals surface area contributed by atoms with Gasteiger partial charge in [0.2, 0.25) is 10.0 Å². The van der Waals surface area contributed by atoms with Crippen molar-refractivity contribution in [3.63, 3.8) is 0 Å². The fourth-order valence-electron chi connectivity index (χ4n) is 5.13. The van der Waals surface area contributed by atoms with Gasteiger partial charge in [0.25, 0.3) is 5.56 Å². The number of aromatic amines is 1. The highest BCUT2D eigenvalue weighted by Crippen LogP contribution is 2.44. The Morgan fingerprint density at radius 3 is 2.41 bits per heavy atom. The minimum atomic E-state index is -3.50. The van der Waals surface area contributed by atoms with E-state index in [1.165, 1.54) is 13.4 Å². The standard InChI is InChI=1S/C27H36N4O5S/c1-26(2,3)20-13-18(17-8-9-21(35-5)30-25(17)32)22-19(23(20)36-6)12-16(14-29-22)24(31-37(7,33)34)27(4)10-11-28-15-27/h8-9,12-14,24,28,31H,10-11,15H2,1-7H3,(H,30,32). The van der Waals surface area contributed by atoms with E-state index in [9.17, 15) is 13.2 Å². The molecule has 1 aliphatic heterocycles. The number of ether oxygens (including phenoxy) is 2. The third-order valence-electron chi connectivity index (χ3n) is 7.11. The fourth-order valence-corrected chi connectivity index (χ4v) is 5.98. The Bertz CT molecular complexity index is 1490. The summed E-state index contributed by atoms with van der Waals surface area (Å²) in [5.41, 5.74) is 2.42. The summed E-state index contributed by atoms with van der Waals surface area (Å²) < 4.78 is 38.7. The highest BCUT2D eigenvalue weighted by molar-refractivity contribution is 7.88. The molecule has 4 rings (SSSR count). The van der Waals surface area contributed by atoms with Crippen molar-refractivity contribution in [1.29, 1.82) is 0 Å². The lowest BCUT2D eigenvalue weighted by molar-refractivity contribution is 0.270. The summed E-state index contributed by atoms with van der Waals surface area (Å²) in [7, 11) is -0.393. The highest BCUT2D eigenvalue weighted by atomic mass is 32.2. The monoisotopic (exact) mass is 528 g/mol. The van der Waals surface area contributed by atoms with E-state index in [0.717, 1.165) is 24.1 Å². The maximum Gasteiger partial charge on any atom is 0.258 e. The van der Waals surface area contributed by atoms with Crippen LogP contribution in [-0.4, -0.2) is 52.0 Å². The first-order valence-electron chi connectivity index (χ1n) is 12.2. The Morgan fingerprint density at radius 1 is 1.14 bits per heavy atom. The van der Waals surface area contributed by atoms with E-state index in [1.807, 2.05) is 12.1 Å². The van der Waals surface area contributed by atoms with Gasteiger partial charge in [0, 0.05) is 40.2 Å². The van der Waals surface area contributed by atoms with Crippen LogP contribution >= 0.6 is 0 Å². The second kappa shape index (κ2) is 9.74. The number of benzene rings is 1. The molecule has 0 spiro atoms. The number of methoxy groups -OCH3 is 2. The molecule has 0 bridgehead atoms. The summed E-state index contributed by atoms with van der Waals surface area (Å²) in [5.74, 6) is 1.02. The smallest absolute Gasteiger partial charge is 0.258 e. The van der Waals surface area contributed by atoms with Gasteiger partial charge in [-0.3, -0.25) is 14.8 Å². The van der Waals surface area contributed by atoms with Crippen molar-refractivity contribution in [2.24, 2.45) is 5.41 Å². The molecule has 9 nitrogen and oxygen atoms in total. The lowest BCUT2D eigenvalue weighted by Gasteiger charge is -2.34. The molecule has 2 unspecified atom stereocenters. The number of rotatable bonds is 7. The molecule has 200 valence electrons. The number of fused-ring (bicyclic) bond motifs is 1. The van der Waals surface area contributed by atoms with Gasteiger partial charge in [0.1, 0.15) is 5.75 Å². The third-order valence-corrected chi connectivity index (χ3v) is 7.77. The van der Waals surface area contributed by atoms with E-state index in [0.29, 0.717) is 40.2 Å². The molecule has 3 heterocycles. The van der Waals surface area contributed by atoms with Crippen molar-refractivity contribution < 1.29 is 17.9 Å². The fraction of sp³-hybridized carbons (Fsp3) is 0.481. The number of aromatic nitrogens is 2. The topological polar surface area (TPSA) is 122 Å². The van der Waals surface area contributed by atoms with Gasteiger partial charge in [0.15, 0.2) is 5.88 Å². The SMILES string of the molecule is COc1ccc(-c2cc(C(C)(C)C)c(OC)c3cc(C(NS(C)(=O)=O)C4(C)CCNC4)cnc23)c(=O)[nH]1. The Labute approximate surface area is 218 Å². The van der Waals surface area contributed by atoms with E-state index < -0.39 is 16.1 Å². The van der Waals surface area contributed by atoms with Gasteiger partial charge in [-0.1, -0.05) is 27.7 Å². The lowest BCUT2D eigenvalue weighted by atomic mass is 9.78. The van der Waals surface area contributed by atoms with Gasteiger partial charge in [-0.15, -0.1) is 0 Å². The van der Waals surface area contributed by atoms with Crippen molar-refractivity contribution in [3.8, 4) is 22.8 Å². The van der Waals surface area contributed by atoms with E-state index in [4.69, 9.17) is 14.5 Å². The van der Waals surface area contributed by atoms with E-state index in [1.54, 1.807) is 25.4 Å². The molecule has 3 aromatic rings. The van der Waals surface area contributed by atoms with Crippen LogP contribution in [0.1, 0.15) is 51.3 Å². The van der Waals surface area contributed by atoms with Crippen LogP contribution in [0, 0.1) is 5.41 Å². The van der Waals surface area contributed by atoms with Crippen molar-refractivity contribution in [3.05, 3.63) is 51.9 Å². The lowest BCUT2D eigenvalue weighted by Crippen LogP contribution is -2.40. The summed E-state index contributed by atoms with van der Waals surface area (Å²) >= 11 is 0. The van der Waals surface area contributed by atoms with Gasteiger partial charge in [0.05, 0.1) is 32.0 Å². The van der Waals surface area contributed by atoms with E-state index >= 15 is 0 Å². The molecule has 1 aliphatic rings. The largest absolute Gasteiger partial charge is 0.496 e. The van der Waals surface area contributed by atoms with Crippen molar-refractivity contribution in [2.45, 2.75) is 45.6 Å². The molecule has 2 atom stereocenters. The average molecular weight is 529 g/mol. The van der Waals surface area contributed by atoms with Crippen LogP contribution in [0.5, 0.6) is 11.6 Å². The molecular weight excluding hydrogens is 492 g/mol. The molecule has 0 aliphatic carbocycles. The molecule has 1 saturated heterocycles. The van der Waals surface area contributed by atoms with Crippen LogP contribution < -0.4 is 25.1 Å². The van der Waals surface area contributed by atoms with Gasteiger partial charge >= 0.3 is 0 Å². The Balaban J connectivity index is 2.04. The molecule has 10 heteroatoms. The number of pyridine rings is 2. The van der Waals surface area contributed by atoms with Crippen molar-refractivity contribution >= 4 is 20.9 Å². The molecule has 1 fully saturated rings. The summed E-state index contributed by atoms with van der Waals surface area (Å²) in [6.45, 7) is 9.79. The summed E-state index contributed by atoms with van der Waals surface area (Å²) in [5, 5.41) is 4.07. The summed E-state index contributed by atoms with van der Waals surface area (Å²) in [4.78, 5) is 20.6. The van der Waals surface area contributed by atoms with Crippen LogP contribution in [0.25, 0.3) is 22.0 Å². The van der Waals surface area contributed by atoms with Gasteiger partial charge in [-0.2, -0.15) is 0 Å². The Morgan fingerprint density at radius 2 is 1.86 bits per heavy atom. The van der Waals surface area contributed by atoms with Crippen molar-refractivity contribution in [2.75, 3.05) is 33.6 Å². The van der Waals surface area contributed by atoms with Crippen LogP contribution in [0.4, 0.5) is 0 Å². The van der Waals surface area contributed by atoms with Crippen molar-refractivity contribution in [1.82, 2.24) is 20.0 Å². The molecule has 0 saturated carbocycles. The minimum absolute atomic E-state index is 0.294. The number of nitrogens with one attached hydrogen (secondary N) is 3. The second-order valence-corrected chi connectivity index (χ2v) is 12.9. The molecule has 0 radical (unpaired) electrons. The number of sulfonamides is 1. The van der Waals surface area contributed by atoms with E-state index in [2.05, 4.69) is 42.7 Å². The highest BCUT2D eigenvalue weighted by Gasteiger charge is 2.40. The molecule has 2 aromatic heterocycles. The Hall–Kier alpha value is -2.95. The molecule has 37 heavy (non-hydrogen) atoms.